The van der Waals surface area contributed by atoms with Crippen molar-refractivity contribution in [3.63, 3.8) is 0 Å². The van der Waals surface area contributed by atoms with Crippen molar-refractivity contribution in [2.45, 2.75) is 76.9 Å². The predicted octanol–water partition coefficient (Wildman–Crippen LogP) is 2.99. The second-order valence-corrected chi connectivity index (χ2v) is 6.44. The number of nitrogens with two attached hydrogens (primary N) is 1. The van der Waals surface area contributed by atoms with E-state index in [0.717, 1.165) is 18.4 Å². The molecule has 0 aromatic heterocycles. The summed E-state index contributed by atoms with van der Waals surface area (Å²) in [6.45, 7) is 5.26. The van der Waals surface area contributed by atoms with Crippen LogP contribution in [-0.2, 0) is 4.74 Å². The maximum absolute atomic E-state index is 6.20. The van der Waals surface area contributed by atoms with Crippen LogP contribution in [0.2, 0.25) is 0 Å². The molecule has 3 N–H and O–H groups in total. The number of ether oxygens (including phenoxy) is 1. The molecule has 2 aliphatic carbocycles. The van der Waals surface area contributed by atoms with Crippen LogP contribution in [0.3, 0.4) is 0 Å². The lowest BCUT2D eigenvalue weighted by molar-refractivity contribution is -0.102. The SMILES string of the molecule is CCOC1(C(CCC2CC2)NN)CCCC(C)C1. The molecule has 0 saturated heterocycles. The quantitative estimate of drug-likeness (QED) is 0.542. The van der Waals surface area contributed by atoms with Gasteiger partial charge in [0.05, 0.1) is 11.6 Å². The average molecular weight is 254 g/mol. The third-order valence-corrected chi connectivity index (χ3v) is 4.82. The van der Waals surface area contributed by atoms with Crippen LogP contribution < -0.4 is 11.3 Å². The summed E-state index contributed by atoms with van der Waals surface area (Å²) in [5, 5.41) is 0. The Labute approximate surface area is 112 Å². The third-order valence-electron chi connectivity index (χ3n) is 4.82. The first-order valence-electron chi connectivity index (χ1n) is 7.80. The summed E-state index contributed by atoms with van der Waals surface area (Å²) >= 11 is 0. The zero-order valence-electron chi connectivity index (χ0n) is 12.1. The van der Waals surface area contributed by atoms with Gasteiger partial charge in [0.2, 0.25) is 0 Å². The second-order valence-electron chi connectivity index (χ2n) is 6.44. The van der Waals surface area contributed by atoms with E-state index in [4.69, 9.17) is 10.6 Å². The molecule has 3 heteroatoms. The first-order chi connectivity index (χ1) is 8.70. The third kappa shape index (κ3) is 3.46. The van der Waals surface area contributed by atoms with Crippen molar-refractivity contribution in [3.8, 4) is 0 Å². The molecule has 0 heterocycles. The Kier molecular flexibility index (Phi) is 5.05. The van der Waals surface area contributed by atoms with E-state index in [0.29, 0.717) is 6.04 Å². The molecule has 106 valence electrons. The van der Waals surface area contributed by atoms with Gasteiger partial charge in [-0.3, -0.25) is 11.3 Å². The number of nitrogens with one attached hydrogen (secondary N) is 1. The Balaban J connectivity index is 1.98. The predicted molar refractivity (Wildman–Crippen MR) is 75.1 cm³/mol. The molecule has 3 unspecified atom stereocenters. The van der Waals surface area contributed by atoms with Crippen molar-refractivity contribution < 1.29 is 4.74 Å². The maximum atomic E-state index is 6.20. The fourth-order valence-electron chi connectivity index (χ4n) is 3.69. The molecule has 0 aromatic carbocycles. The van der Waals surface area contributed by atoms with Gasteiger partial charge < -0.3 is 4.74 Å². The van der Waals surface area contributed by atoms with Crippen LogP contribution in [0.15, 0.2) is 0 Å². The van der Waals surface area contributed by atoms with Crippen LogP contribution >= 0.6 is 0 Å². The van der Waals surface area contributed by atoms with Gasteiger partial charge in [0.15, 0.2) is 0 Å². The maximum Gasteiger partial charge on any atom is 0.0850 e. The zero-order chi connectivity index (χ0) is 13.0. The van der Waals surface area contributed by atoms with Crippen molar-refractivity contribution >= 4 is 0 Å². The van der Waals surface area contributed by atoms with Crippen LogP contribution in [-0.4, -0.2) is 18.2 Å². The Morgan fingerprint density at radius 3 is 2.72 bits per heavy atom. The Morgan fingerprint density at radius 1 is 1.39 bits per heavy atom. The molecule has 0 spiro atoms. The summed E-state index contributed by atoms with van der Waals surface area (Å²) in [4.78, 5) is 0. The van der Waals surface area contributed by atoms with E-state index in [-0.39, 0.29) is 5.60 Å². The van der Waals surface area contributed by atoms with E-state index in [9.17, 15) is 0 Å². The topological polar surface area (TPSA) is 47.3 Å². The molecule has 0 amide bonds. The van der Waals surface area contributed by atoms with Crippen LogP contribution in [0.5, 0.6) is 0 Å². The average Bonchev–Trinajstić information content (AvgIpc) is 3.14. The van der Waals surface area contributed by atoms with Gasteiger partial charge >= 0.3 is 0 Å². The van der Waals surface area contributed by atoms with Gasteiger partial charge in [0, 0.05) is 6.61 Å². The molecule has 2 saturated carbocycles. The van der Waals surface area contributed by atoms with Gasteiger partial charge in [-0.1, -0.05) is 32.6 Å². The van der Waals surface area contributed by atoms with E-state index in [1.807, 2.05) is 0 Å². The van der Waals surface area contributed by atoms with Gasteiger partial charge in [-0.25, -0.2) is 0 Å². The van der Waals surface area contributed by atoms with Crippen molar-refractivity contribution in [1.82, 2.24) is 5.43 Å². The monoisotopic (exact) mass is 254 g/mol. The highest BCUT2D eigenvalue weighted by Crippen LogP contribution is 2.41. The van der Waals surface area contributed by atoms with Gasteiger partial charge in [0.25, 0.3) is 0 Å². The fourth-order valence-corrected chi connectivity index (χ4v) is 3.69. The molecular formula is C15H30N2O. The zero-order valence-corrected chi connectivity index (χ0v) is 12.1. The Bertz CT molecular complexity index is 251. The normalized spacial score (nSPS) is 34.5. The summed E-state index contributed by atoms with van der Waals surface area (Å²) in [5.41, 5.74) is 3.07. The van der Waals surface area contributed by atoms with E-state index in [1.54, 1.807) is 0 Å². The Morgan fingerprint density at radius 2 is 2.17 bits per heavy atom. The Hall–Kier alpha value is -0.120. The standard InChI is InChI=1S/C15H30N2O/c1-3-18-15(10-4-5-12(2)11-15)14(17-16)9-8-13-6-7-13/h12-14,17H,3-11,16H2,1-2H3. The van der Waals surface area contributed by atoms with Crippen LogP contribution in [0.1, 0.15) is 65.2 Å². The molecule has 2 aliphatic rings. The molecule has 3 nitrogen and oxygen atoms in total. The summed E-state index contributed by atoms with van der Waals surface area (Å²) in [5.74, 6) is 7.58. The van der Waals surface area contributed by atoms with Gasteiger partial charge in [-0.2, -0.15) is 0 Å². The first-order valence-corrected chi connectivity index (χ1v) is 7.80. The van der Waals surface area contributed by atoms with Gasteiger partial charge in [-0.15, -0.1) is 0 Å². The first kappa shape index (κ1) is 14.3. The smallest absolute Gasteiger partial charge is 0.0850 e. The lowest BCUT2D eigenvalue weighted by atomic mass is 9.73. The highest BCUT2D eigenvalue weighted by molar-refractivity contribution is 4.97. The number of hydrogen-bond acceptors (Lipinski definition) is 3. The summed E-state index contributed by atoms with van der Waals surface area (Å²) in [7, 11) is 0. The second kappa shape index (κ2) is 6.36. The highest BCUT2D eigenvalue weighted by Gasteiger charge is 2.42. The largest absolute Gasteiger partial charge is 0.374 e. The molecule has 0 radical (unpaired) electrons. The minimum absolute atomic E-state index is 0.00391. The van der Waals surface area contributed by atoms with E-state index in [2.05, 4.69) is 19.3 Å². The van der Waals surface area contributed by atoms with Gasteiger partial charge in [0.1, 0.15) is 0 Å². The molecule has 0 bridgehead atoms. The minimum Gasteiger partial charge on any atom is -0.374 e. The fraction of sp³-hybridized carbons (Fsp3) is 1.00. The van der Waals surface area contributed by atoms with Crippen LogP contribution in [0.25, 0.3) is 0 Å². The van der Waals surface area contributed by atoms with Crippen molar-refractivity contribution in [3.05, 3.63) is 0 Å². The van der Waals surface area contributed by atoms with Crippen molar-refractivity contribution in [2.24, 2.45) is 17.7 Å². The molecule has 0 aromatic rings. The van der Waals surface area contributed by atoms with Crippen molar-refractivity contribution in [1.29, 1.82) is 0 Å². The molecule has 18 heavy (non-hydrogen) atoms. The molecule has 2 fully saturated rings. The van der Waals surface area contributed by atoms with E-state index in [1.165, 1.54) is 51.4 Å². The summed E-state index contributed by atoms with van der Waals surface area (Å²) < 4.78 is 6.20. The molecule has 2 rings (SSSR count). The van der Waals surface area contributed by atoms with E-state index < -0.39 is 0 Å². The summed E-state index contributed by atoms with van der Waals surface area (Å²) in [6.07, 6.45) is 10.3. The minimum atomic E-state index is -0.00391. The highest BCUT2D eigenvalue weighted by atomic mass is 16.5. The number of hydrazine groups is 1. The number of rotatable bonds is 7. The number of hydrogen-bond donors (Lipinski definition) is 2. The molecule has 0 aliphatic heterocycles. The lowest BCUT2D eigenvalue weighted by Gasteiger charge is -2.45. The lowest BCUT2D eigenvalue weighted by Crippen LogP contribution is -2.56. The van der Waals surface area contributed by atoms with Crippen LogP contribution in [0.4, 0.5) is 0 Å². The molecule has 3 atom stereocenters. The van der Waals surface area contributed by atoms with Gasteiger partial charge in [-0.05, 0) is 44.4 Å². The summed E-state index contributed by atoms with van der Waals surface area (Å²) in [6, 6.07) is 0.334. The van der Waals surface area contributed by atoms with Crippen LogP contribution in [0, 0.1) is 11.8 Å². The van der Waals surface area contributed by atoms with E-state index >= 15 is 0 Å². The van der Waals surface area contributed by atoms with Crippen molar-refractivity contribution in [2.75, 3.05) is 6.61 Å². The molecular weight excluding hydrogens is 224 g/mol.